The first-order chi connectivity index (χ1) is 11.8. The van der Waals surface area contributed by atoms with Crippen LogP contribution < -0.4 is 15.2 Å². The van der Waals surface area contributed by atoms with Crippen LogP contribution in [0.15, 0.2) is 42.5 Å². The van der Waals surface area contributed by atoms with Crippen LogP contribution in [0.4, 0.5) is 0 Å². The van der Waals surface area contributed by atoms with Crippen LogP contribution in [-0.2, 0) is 13.0 Å². The van der Waals surface area contributed by atoms with E-state index in [-0.39, 0.29) is 6.79 Å². The van der Waals surface area contributed by atoms with Gasteiger partial charge >= 0.3 is 0 Å². The highest BCUT2D eigenvalue weighted by Crippen LogP contribution is 2.36. The van der Waals surface area contributed by atoms with Crippen molar-refractivity contribution in [3.05, 3.63) is 53.9 Å². The molecule has 5 heteroatoms. The smallest absolute Gasteiger partial charge is 0.231 e. The highest BCUT2D eigenvalue weighted by molar-refractivity contribution is 5.81. The first kappa shape index (κ1) is 15.0. The fourth-order valence-corrected chi connectivity index (χ4v) is 3.14. The fraction of sp³-hybridized carbons (Fsp3) is 0.316. The van der Waals surface area contributed by atoms with Gasteiger partial charge in [-0.3, -0.25) is 0 Å². The number of hydrogen-bond acceptors (Lipinski definition) is 4. The predicted octanol–water partition coefficient (Wildman–Crippen LogP) is 3.09. The molecule has 2 aromatic carbocycles. The van der Waals surface area contributed by atoms with E-state index >= 15 is 0 Å². The first-order valence-electron chi connectivity index (χ1n) is 8.38. The second-order valence-electron chi connectivity index (χ2n) is 6.03. The van der Waals surface area contributed by atoms with E-state index in [9.17, 15) is 0 Å². The molecule has 0 fully saturated rings. The van der Waals surface area contributed by atoms with E-state index in [1.807, 2.05) is 18.2 Å². The highest BCUT2D eigenvalue weighted by Gasteiger charge is 2.19. The zero-order chi connectivity index (χ0) is 16.4. The van der Waals surface area contributed by atoms with Gasteiger partial charge in [-0.05, 0) is 24.9 Å². The number of hydrogen-bond donors (Lipinski definition) is 1. The van der Waals surface area contributed by atoms with E-state index in [1.54, 1.807) is 0 Å². The predicted molar refractivity (Wildman–Crippen MR) is 93.4 cm³/mol. The lowest BCUT2D eigenvalue weighted by atomic mass is 10.1. The van der Waals surface area contributed by atoms with Crippen molar-refractivity contribution < 1.29 is 9.47 Å². The minimum Gasteiger partial charge on any atom is -0.454 e. The lowest BCUT2D eigenvalue weighted by Gasteiger charge is -2.09. The van der Waals surface area contributed by atoms with Gasteiger partial charge in [0.15, 0.2) is 11.5 Å². The molecular formula is C19H21N3O2. The Bertz CT molecular complexity index is 843. The molecule has 0 amide bonds. The van der Waals surface area contributed by atoms with E-state index in [2.05, 4.69) is 28.8 Å². The summed E-state index contributed by atoms with van der Waals surface area (Å²) in [6.45, 7) is 1.91. The molecule has 0 saturated carbocycles. The standard InChI is InChI=1S/C19H21N3O2/c20-8-4-5-9-22-16-12-18-17(23-13-24-18)11-15(16)21-19(22)10-14-6-2-1-3-7-14/h1-3,6-7,11-12H,4-5,8-10,13,20H2. The van der Waals surface area contributed by atoms with Crippen LogP contribution in [0.3, 0.4) is 0 Å². The molecule has 0 atom stereocenters. The van der Waals surface area contributed by atoms with Gasteiger partial charge in [0.1, 0.15) is 5.82 Å². The summed E-state index contributed by atoms with van der Waals surface area (Å²) in [4.78, 5) is 4.86. The van der Waals surface area contributed by atoms with Crippen molar-refractivity contribution in [1.82, 2.24) is 9.55 Å². The van der Waals surface area contributed by atoms with E-state index < -0.39 is 0 Å². The quantitative estimate of drug-likeness (QED) is 0.708. The molecule has 0 unspecified atom stereocenters. The van der Waals surface area contributed by atoms with Crippen LogP contribution in [-0.4, -0.2) is 22.9 Å². The minimum absolute atomic E-state index is 0.284. The molecule has 1 aliphatic rings. The normalized spacial score (nSPS) is 12.9. The Labute approximate surface area is 141 Å². The topological polar surface area (TPSA) is 62.3 Å². The lowest BCUT2D eigenvalue weighted by molar-refractivity contribution is 0.174. The van der Waals surface area contributed by atoms with Crippen molar-refractivity contribution in [1.29, 1.82) is 0 Å². The summed E-state index contributed by atoms with van der Waals surface area (Å²) in [6.07, 6.45) is 2.86. The Kier molecular flexibility index (Phi) is 4.09. The monoisotopic (exact) mass is 323 g/mol. The van der Waals surface area contributed by atoms with E-state index in [4.69, 9.17) is 20.2 Å². The summed E-state index contributed by atoms with van der Waals surface area (Å²) in [6, 6.07) is 14.5. The van der Waals surface area contributed by atoms with Crippen LogP contribution >= 0.6 is 0 Å². The number of aromatic nitrogens is 2. The van der Waals surface area contributed by atoms with Crippen molar-refractivity contribution in [2.24, 2.45) is 5.73 Å². The summed E-state index contributed by atoms with van der Waals surface area (Å²) < 4.78 is 13.3. The lowest BCUT2D eigenvalue weighted by Crippen LogP contribution is -2.07. The van der Waals surface area contributed by atoms with E-state index in [0.29, 0.717) is 6.54 Å². The largest absolute Gasteiger partial charge is 0.454 e. The third-order valence-electron chi connectivity index (χ3n) is 4.36. The Morgan fingerprint density at radius 2 is 1.83 bits per heavy atom. The Hall–Kier alpha value is -2.53. The third-order valence-corrected chi connectivity index (χ3v) is 4.36. The SMILES string of the molecule is NCCCCn1c(Cc2ccccc2)nc2cc3c(cc21)OCO3. The molecular weight excluding hydrogens is 302 g/mol. The van der Waals surface area contributed by atoms with Crippen molar-refractivity contribution in [3.63, 3.8) is 0 Å². The number of aryl methyl sites for hydroxylation is 1. The number of unbranched alkanes of at least 4 members (excludes halogenated alkanes) is 1. The summed E-state index contributed by atoms with van der Waals surface area (Å²) in [7, 11) is 0. The van der Waals surface area contributed by atoms with Gasteiger partial charge in [-0.25, -0.2) is 4.98 Å². The molecule has 124 valence electrons. The number of benzene rings is 2. The second-order valence-corrected chi connectivity index (χ2v) is 6.03. The maximum absolute atomic E-state index is 5.65. The van der Waals surface area contributed by atoms with Crippen LogP contribution in [0.25, 0.3) is 11.0 Å². The average Bonchev–Trinajstić information content (AvgIpc) is 3.18. The minimum atomic E-state index is 0.284. The van der Waals surface area contributed by atoms with Crippen LogP contribution in [0.5, 0.6) is 11.5 Å². The average molecular weight is 323 g/mol. The molecule has 5 nitrogen and oxygen atoms in total. The number of ether oxygens (including phenoxy) is 2. The number of nitrogens with two attached hydrogens (primary N) is 1. The van der Waals surface area contributed by atoms with Crippen LogP contribution in [0.2, 0.25) is 0 Å². The van der Waals surface area contributed by atoms with Crippen LogP contribution in [0, 0.1) is 0 Å². The molecule has 1 aromatic heterocycles. The fourth-order valence-electron chi connectivity index (χ4n) is 3.14. The Balaban J connectivity index is 1.74. The van der Waals surface area contributed by atoms with Crippen molar-refractivity contribution in [2.45, 2.75) is 25.8 Å². The van der Waals surface area contributed by atoms with Gasteiger partial charge in [-0.2, -0.15) is 0 Å². The molecule has 0 spiro atoms. The first-order valence-corrected chi connectivity index (χ1v) is 8.38. The molecule has 4 rings (SSSR count). The number of imidazole rings is 1. The molecule has 3 aromatic rings. The molecule has 0 bridgehead atoms. The van der Waals surface area contributed by atoms with Crippen molar-refractivity contribution >= 4 is 11.0 Å². The van der Waals surface area contributed by atoms with Gasteiger partial charge in [0, 0.05) is 25.1 Å². The molecule has 24 heavy (non-hydrogen) atoms. The molecule has 0 saturated heterocycles. The van der Waals surface area contributed by atoms with Gasteiger partial charge in [-0.1, -0.05) is 30.3 Å². The van der Waals surface area contributed by atoms with Crippen molar-refractivity contribution in [2.75, 3.05) is 13.3 Å². The van der Waals surface area contributed by atoms with Crippen LogP contribution in [0.1, 0.15) is 24.2 Å². The zero-order valence-corrected chi connectivity index (χ0v) is 13.6. The molecule has 0 aliphatic carbocycles. The van der Waals surface area contributed by atoms with Crippen molar-refractivity contribution in [3.8, 4) is 11.5 Å². The highest BCUT2D eigenvalue weighted by atomic mass is 16.7. The molecule has 0 radical (unpaired) electrons. The number of fused-ring (bicyclic) bond motifs is 2. The summed E-state index contributed by atoms with van der Waals surface area (Å²) in [5, 5.41) is 0. The van der Waals surface area contributed by atoms with Gasteiger partial charge in [0.25, 0.3) is 0 Å². The van der Waals surface area contributed by atoms with E-state index in [1.165, 1.54) is 5.56 Å². The second kappa shape index (κ2) is 6.53. The number of nitrogens with zero attached hydrogens (tertiary/aromatic N) is 2. The summed E-state index contributed by atoms with van der Waals surface area (Å²) >= 11 is 0. The Morgan fingerprint density at radius 3 is 2.62 bits per heavy atom. The Morgan fingerprint density at radius 1 is 1.04 bits per heavy atom. The van der Waals surface area contributed by atoms with Gasteiger partial charge < -0.3 is 19.8 Å². The maximum Gasteiger partial charge on any atom is 0.231 e. The van der Waals surface area contributed by atoms with Gasteiger partial charge in [0.05, 0.1) is 11.0 Å². The van der Waals surface area contributed by atoms with E-state index in [0.717, 1.165) is 54.2 Å². The number of rotatable bonds is 6. The maximum atomic E-state index is 5.65. The molecule has 1 aliphatic heterocycles. The zero-order valence-electron chi connectivity index (χ0n) is 13.6. The van der Waals surface area contributed by atoms with Gasteiger partial charge in [-0.15, -0.1) is 0 Å². The molecule has 2 N–H and O–H groups in total. The summed E-state index contributed by atoms with van der Waals surface area (Å²) in [5.41, 5.74) is 8.97. The molecule has 2 heterocycles. The third kappa shape index (κ3) is 2.83. The van der Waals surface area contributed by atoms with Gasteiger partial charge in [0.2, 0.25) is 6.79 Å². The summed E-state index contributed by atoms with van der Waals surface area (Å²) in [5.74, 6) is 2.64.